The molecule has 5 aliphatic rings. The van der Waals surface area contributed by atoms with Crippen molar-refractivity contribution in [3.8, 4) is 0 Å². The van der Waals surface area contributed by atoms with Gasteiger partial charge in [0.2, 0.25) is 0 Å². The molecule has 5 rings (SSSR count). The monoisotopic (exact) mass is 454 g/mol. The Bertz CT molecular complexity index is 853. The second kappa shape index (κ2) is 7.21. The predicted molar refractivity (Wildman–Crippen MR) is 136 cm³/mol. The maximum Gasteiger partial charge on any atom is 0.138 e. The molecule has 8 atom stereocenters. The lowest BCUT2D eigenvalue weighted by atomic mass is 9.42. The summed E-state index contributed by atoms with van der Waals surface area (Å²) in [6.07, 6.45) is 17.6. The van der Waals surface area contributed by atoms with Crippen LogP contribution in [-0.4, -0.2) is 18.5 Å². The number of hydrogen-bond acceptors (Lipinski definition) is 2. The second-order valence-electron chi connectivity index (χ2n) is 14.7. The van der Waals surface area contributed by atoms with E-state index in [-0.39, 0.29) is 11.0 Å². The highest BCUT2D eigenvalue weighted by Gasteiger charge is 2.82. The van der Waals surface area contributed by atoms with E-state index in [1.807, 2.05) is 0 Å². The van der Waals surface area contributed by atoms with Crippen molar-refractivity contribution in [1.82, 2.24) is 0 Å². The number of carbonyl (C=O) groups is 1. The highest BCUT2D eigenvalue weighted by molar-refractivity contribution is 5.86. The summed E-state index contributed by atoms with van der Waals surface area (Å²) in [4.78, 5) is 12.9. The van der Waals surface area contributed by atoms with Crippen molar-refractivity contribution in [2.24, 2.45) is 50.7 Å². The van der Waals surface area contributed by atoms with Crippen molar-refractivity contribution >= 4 is 5.78 Å². The number of fused-ring (bicyclic) bond motifs is 2. The lowest BCUT2D eigenvalue weighted by Crippen LogP contribution is -2.57. The third-order valence-electron chi connectivity index (χ3n) is 13.2. The van der Waals surface area contributed by atoms with Gasteiger partial charge in [0.1, 0.15) is 5.78 Å². The van der Waals surface area contributed by atoms with E-state index in [1.54, 1.807) is 7.11 Å². The first kappa shape index (κ1) is 24.1. The van der Waals surface area contributed by atoms with Crippen LogP contribution < -0.4 is 0 Å². The fourth-order valence-electron chi connectivity index (χ4n) is 10.9. The van der Waals surface area contributed by atoms with Gasteiger partial charge in [-0.15, -0.1) is 0 Å². The van der Waals surface area contributed by atoms with Gasteiger partial charge in [0, 0.05) is 18.9 Å². The number of ketones is 1. The number of ether oxygens (including phenoxy) is 1. The first-order valence-electron chi connectivity index (χ1n) is 14.1. The van der Waals surface area contributed by atoms with Crippen molar-refractivity contribution in [3.63, 3.8) is 0 Å². The van der Waals surface area contributed by atoms with Crippen molar-refractivity contribution in [1.29, 1.82) is 0 Å². The molecule has 0 bridgehead atoms. The Kier molecular flexibility index (Phi) is 5.26. The Morgan fingerprint density at radius 3 is 2.33 bits per heavy atom. The van der Waals surface area contributed by atoms with Crippen molar-refractivity contribution < 1.29 is 9.53 Å². The zero-order valence-electron chi connectivity index (χ0n) is 22.9. The number of methoxy groups -OCH3 is 1. The van der Waals surface area contributed by atoms with Crippen LogP contribution in [0.3, 0.4) is 0 Å². The minimum absolute atomic E-state index is 0.0938. The second-order valence-corrected chi connectivity index (χ2v) is 14.7. The third-order valence-corrected chi connectivity index (χ3v) is 13.2. The van der Waals surface area contributed by atoms with Crippen LogP contribution in [0, 0.1) is 50.7 Å². The minimum atomic E-state index is -0.168. The molecule has 186 valence electrons. The zero-order chi connectivity index (χ0) is 24.1. The Morgan fingerprint density at radius 2 is 1.64 bits per heavy atom. The van der Waals surface area contributed by atoms with E-state index in [9.17, 15) is 4.79 Å². The molecule has 5 aliphatic carbocycles. The molecule has 2 spiro atoms. The Morgan fingerprint density at radius 1 is 0.970 bits per heavy atom. The molecule has 2 heteroatoms. The van der Waals surface area contributed by atoms with Gasteiger partial charge in [-0.25, -0.2) is 0 Å². The van der Waals surface area contributed by atoms with Gasteiger partial charge in [0.05, 0.1) is 5.60 Å². The van der Waals surface area contributed by atoms with E-state index in [4.69, 9.17) is 4.74 Å². The van der Waals surface area contributed by atoms with Gasteiger partial charge in [-0.05, 0) is 117 Å². The first-order valence-corrected chi connectivity index (χ1v) is 14.1. The molecule has 5 fully saturated rings. The molecule has 0 saturated heterocycles. The minimum Gasteiger partial charge on any atom is -0.375 e. The molecule has 5 saturated carbocycles. The Labute approximate surface area is 203 Å². The summed E-state index contributed by atoms with van der Waals surface area (Å²) in [5, 5.41) is 0. The molecule has 0 radical (unpaired) electrons. The van der Waals surface area contributed by atoms with E-state index in [0.717, 1.165) is 24.2 Å². The van der Waals surface area contributed by atoms with Gasteiger partial charge in [0.25, 0.3) is 0 Å². The molecule has 0 unspecified atom stereocenters. The maximum atomic E-state index is 12.9. The van der Waals surface area contributed by atoms with Crippen molar-refractivity contribution in [3.05, 3.63) is 12.2 Å². The van der Waals surface area contributed by atoms with Crippen LogP contribution in [0.4, 0.5) is 0 Å². The van der Waals surface area contributed by atoms with E-state index >= 15 is 0 Å². The summed E-state index contributed by atoms with van der Waals surface area (Å²) in [5.41, 5.74) is 1.73. The van der Waals surface area contributed by atoms with Crippen molar-refractivity contribution in [2.45, 2.75) is 118 Å². The highest BCUT2D eigenvalue weighted by atomic mass is 16.5. The fraction of sp³-hybridized carbons (Fsp3) is 0.903. The maximum absolute atomic E-state index is 12.9. The third kappa shape index (κ3) is 2.98. The van der Waals surface area contributed by atoms with Crippen LogP contribution in [0.1, 0.15) is 113 Å². The van der Waals surface area contributed by atoms with Gasteiger partial charge in [-0.1, -0.05) is 46.8 Å². The van der Waals surface area contributed by atoms with E-state index in [2.05, 4.69) is 60.6 Å². The Hall–Kier alpha value is -0.630. The normalized spacial score (nSPS) is 49.2. The van der Waals surface area contributed by atoms with Crippen LogP contribution in [0.5, 0.6) is 0 Å². The topological polar surface area (TPSA) is 26.3 Å². The van der Waals surface area contributed by atoms with Crippen molar-refractivity contribution in [2.75, 3.05) is 7.11 Å². The molecule has 0 aliphatic heterocycles. The van der Waals surface area contributed by atoms with Gasteiger partial charge in [0.15, 0.2) is 0 Å². The quantitative estimate of drug-likeness (QED) is 0.393. The van der Waals surface area contributed by atoms with Crippen LogP contribution >= 0.6 is 0 Å². The summed E-state index contributed by atoms with van der Waals surface area (Å²) < 4.78 is 5.60. The number of Topliss-reactive ketones (excluding diaryl/α,β-unsaturated/α-hetero) is 1. The fourth-order valence-corrected chi connectivity index (χ4v) is 10.9. The standard InChI is InChI=1S/C31H50O2/c1-21(10-9-15-26(2,3)33-8)22-13-16-29(7)24-12-11-23-27(4,5)25(32)14-17-30(23)20-31(24,30)19-18-28(22,29)6/h9,15,21-24H,10-14,16-20H2,1-8H3/b15-9+/t21-,22-,23+,24-,28-,29+,30-,31+/m1/s1. The summed E-state index contributed by atoms with van der Waals surface area (Å²) in [7, 11) is 1.80. The molecule has 2 nitrogen and oxygen atoms in total. The highest BCUT2D eigenvalue weighted by Crippen LogP contribution is 2.88. The van der Waals surface area contributed by atoms with Crippen LogP contribution in [-0.2, 0) is 9.53 Å². The van der Waals surface area contributed by atoms with Gasteiger partial charge in [-0.3, -0.25) is 4.79 Å². The summed E-state index contributed by atoms with van der Waals surface area (Å²) in [5.74, 6) is 3.62. The van der Waals surface area contributed by atoms with Gasteiger partial charge < -0.3 is 4.74 Å². The molecular weight excluding hydrogens is 404 g/mol. The molecule has 0 amide bonds. The van der Waals surface area contributed by atoms with E-state index < -0.39 is 0 Å². The molecule has 0 aromatic carbocycles. The molecular formula is C31H50O2. The van der Waals surface area contributed by atoms with E-state index in [1.165, 1.54) is 57.8 Å². The molecule has 0 aromatic heterocycles. The lowest BCUT2D eigenvalue weighted by Gasteiger charge is -2.62. The van der Waals surface area contributed by atoms with Crippen LogP contribution in [0.15, 0.2) is 12.2 Å². The largest absolute Gasteiger partial charge is 0.375 e. The first-order chi connectivity index (χ1) is 15.3. The average molecular weight is 455 g/mol. The predicted octanol–water partition coefficient (Wildman–Crippen LogP) is 8.00. The molecule has 0 aromatic rings. The van der Waals surface area contributed by atoms with Crippen LogP contribution in [0.25, 0.3) is 0 Å². The SMILES string of the molecule is COC(C)(C)/C=C/C[C@@H](C)[C@H]1CC[C@@]2(C)[C@H]3CC[C@H]4C(C)(C)C(=O)CC[C@@]45C[C@@]35CC[C@]12C. The lowest BCUT2D eigenvalue weighted by molar-refractivity contribution is -0.156. The average Bonchev–Trinajstić information content (AvgIpc) is 3.33. The van der Waals surface area contributed by atoms with Gasteiger partial charge >= 0.3 is 0 Å². The zero-order valence-corrected chi connectivity index (χ0v) is 22.9. The summed E-state index contributed by atoms with van der Waals surface area (Å²) in [6, 6.07) is 0. The molecule has 0 N–H and O–H groups in total. The number of rotatable bonds is 5. The smallest absolute Gasteiger partial charge is 0.138 e. The Balaban J connectivity index is 1.38. The van der Waals surface area contributed by atoms with Gasteiger partial charge in [-0.2, -0.15) is 0 Å². The van der Waals surface area contributed by atoms with Crippen LogP contribution in [0.2, 0.25) is 0 Å². The number of carbonyl (C=O) groups excluding carboxylic acids is 1. The number of hydrogen-bond donors (Lipinski definition) is 0. The number of allylic oxidation sites excluding steroid dienone is 1. The van der Waals surface area contributed by atoms with E-state index in [0.29, 0.717) is 33.4 Å². The molecule has 33 heavy (non-hydrogen) atoms. The summed E-state index contributed by atoms with van der Waals surface area (Å²) >= 11 is 0. The summed E-state index contributed by atoms with van der Waals surface area (Å²) in [6.45, 7) is 16.8. The molecule has 0 heterocycles.